The molecule has 1 aliphatic rings. The molecule has 0 aromatic heterocycles. The molecule has 1 fully saturated rings. The second-order valence-corrected chi connectivity index (χ2v) is 8.75. The topological polar surface area (TPSA) is 73.8 Å². The summed E-state index contributed by atoms with van der Waals surface area (Å²) in [6.07, 6.45) is 4.18. The van der Waals surface area contributed by atoms with Gasteiger partial charge in [0.15, 0.2) is 5.96 Å². The van der Waals surface area contributed by atoms with Crippen molar-refractivity contribution >= 4 is 40.0 Å². The molecular formula is C19H33IN4O2S. The third-order valence-electron chi connectivity index (χ3n) is 5.00. The van der Waals surface area contributed by atoms with Crippen LogP contribution in [0.5, 0.6) is 0 Å². The summed E-state index contributed by atoms with van der Waals surface area (Å²) in [6, 6.07) is 10.8. The fourth-order valence-corrected chi connectivity index (χ4v) is 4.17. The van der Waals surface area contributed by atoms with Crippen molar-refractivity contribution in [3.05, 3.63) is 35.9 Å². The molecule has 0 amide bonds. The molecule has 0 bridgehead atoms. The molecule has 154 valence electrons. The maximum absolute atomic E-state index is 11.1. The summed E-state index contributed by atoms with van der Waals surface area (Å²) >= 11 is 0. The van der Waals surface area contributed by atoms with Crippen LogP contribution in [0.2, 0.25) is 0 Å². The van der Waals surface area contributed by atoms with Gasteiger partial charge in [-0.2, -0.15) is 0 Å². The highest BCUT2D eigenvalue weighted by molar-refractivity contribution is 14.0. The molecule has 1 aromatic carbocycles. The lowest BCUT2D eigenvalue weighted by Crippen LogP contribution is -2.48. The first-order valence-corrected chi connectivity index (χ1v) is 11.3. The van der Waals surface area contributed by atoms with Gasteiger partial charge in [0.2, 0.25) is 10.0 Å². The van der Waals surface area contributed by atoms with E-state index in [2.05, 4.69) is 57.2 Å². The van der Waals surface area contributed by atoms with Crippen LogP contribution in [-0.4, -0.2) is 58.8 Å². The van der Waals surface area contributed by atoms with Gasteiger partial charge in [0.1, 0.15) is 0 Å². The molecule has 0 saturated carbocycles. The van der Waals surface area contributed by atoms with Crippen molar-refractivity contribution in [1.29, 1.82) is 0 Å². The molecule has 2 unspecified atom stereocenters. The van der Waals surface area contributed by atoms with Crippen LogP contribution in [0.3, 0.4) is 0 Å². The molecule has 6 nitrogen and oxygen atoms in total. The first-order chi connectivity index (χ1) is 12.4. The van der Waals surface area contributed by atoms with E-state index in [9.17, 15) is 8.42 Å². The molecule has 2 atom stereocenters. The summed E-state index contributed by atoms with van der Waals surface area (Å²) in [4.78, 5) is 6.75. The van der Waals surface area contributed by atoms with Crippen molar-refractivity contribution in [3.8, 4) is 0 Å². The van der Waals surface area contributed by atoms with Crippen molar-refractivity contribution in [3.63, 3.8) is 0 Å². The molecule has 8 heteroatoms. The van der Waals surface area contributed by atoms with Crippen molar-refractivity contribution in [2.24, 2.45) is 10.9 Å². The number of hydrogen-bond donors (Lipinski definition) is 2. The minimum atomic E-state index is -3.11. The first kappa shape index (κ1) is 24.2. The number of nitrogens with one attached hydrogen (secondary N) is 2. The van der Waals surface area contributed by atoms with E-state index in [1.807, 2.05) is 0 Å². The molecule has 27 heavy (non-hydrogen) atoms. The highest BCUT2D eigenvalue weighted by Gasteiger charge is 2.30. The van der Waals surface area contributed by atoms with Crippen LogP contribution >= 0.6 is 24.0 Å². The van der Waals surface area contributed by atoms with Crippen LogP contribution in [0.4, 0.5) is 0 Å². The highest BCUT2D eigenvalue weighted by atomic mass is 127. The summed E-state index contributed by atoms with van der Waals surface area (Å²) in [5.74, 6) is 2.13. The van der Waals surface area contributed by atoms with E-state index >= 15 is 0 Å². The largest absolute Gasteiger partial charge is 0.356 e. The average molecular weight is 508 g/mol. The third kappa shape index (κ3) is 7.95. The number of benzene rings is 1. The number of piperidine rings is 1. The van der Waals surface area contributed by atoms with Crippen LogP contribution < -0.4 is 10.0 Å². The first-order valence-electron chi connectivity index (χ1n) is 9.39. The monoisotopic (exact) mass is 508 g/mol. The lowest BCUT2D eigenvalue weighted by Gasteiger charge is -2.40. The minimum absolute atomic E-state index is 0. The quantitative estimate of drug-likeness (QED) is 0.257. The predicted molar refractivity (Wildman–Crippen MR) is 123 cm³/mol. The lowest BCUT2D eigenvalue weighted by atomic mass is 9.79. The SMILES string of the molecule is CCC1CN(C(=NC)NCCCNS(C)(=O)=O)CCC1c1ccccc1.I. The number of nitrogens with zero attached hydrogens (tertiary/aromatic N) is 2. The summed E-state index contributed by atoms with van der Waals surface area (Å²) in [5.41, 5.74) is 1.44. The van der Waals surface area contributed by atoms with E-state index in [-0.39, 0.29) is 24.0 Å². The van der Waals surface area contributed by atoms with Crippen LogP contribution in [0.1, 0.15) is 37.7 Å². The average Bonchev–Trinajstić information content (AvgIpc) is 2.64. The van der Waals surface area contributed by atoms with Crippen LogP contribution in [0, 0.1) is 5.92 Å². The van der Waals surface area contributed by atoms with E-state index in [0.29, 0.717) is 24.9 Å². The van der Waals surface area contributed by atoms with Gasteiger partial charge in [0, 0.05) is 33.2 Å². The Balaban J connectivity index is 0.00000364. The Labute approximate surface area is 181 Å². The van der Waals surface area contributed by atoms with E-state index in [1.165, 1.54) is 11.8 Å². The Morgan fingerprint density at radius 2 is 1.96 bits per heavy atom. The van der Waals surface area contributed by atoms with Gasteiger partial charge in [-0.05, 0) is 30.2 Å². The molecule has 1 aromatic rings. The van der Waals surface area contributed by atoms with Crippen molar-refractivity contribution < 1.29 is 8.42 Å². The summed E-state index contributed by atoms with van der Waals surface area (Å²) in [6.45, 7) is 5.38. The fourth-order valence-electron chi connectivity index (χ4n) is 3.66. The van der Waals surface area contributed by atoms with Crippen molar-refractivity contribution in [2.75, 3.05) is 39.5 Å². The van der Waals surface area contributed by atoms with Crippen LogP contribution in [-0.2, 0) is 10.0 Å². The number of guanidine groups is 1. The van der Waals surface area contributed by atoms with Gasteiger partial charge >= 0.3 is 0 Å². The molecule has 0 spiro atoms. The second kappa shape index (κ2) is 11.9. The summed E-state index contributed by atoms with van der Waals surface area (Å²) in [5, 5.41) is 3.37. The Morgan fingerprint density at radius 1 is 1.26 bits per heavy atom. The Hall–Kier alpha value is -0.870. The van der Waals surface area contributed by atoms with Gasteiger partial charge in [-0.1, -0.05) is 43.7 Å². The van der Waals surface area contributed by atoms with Gasteiger partial charge < -0.3 is 10.2 Å². The predicted octanol–water partition coefficient (Wildman–Crippen LogP) is 2.63. The fraction of sp³-hybridized carbons (Fsp3) is 0.632. The van der Waals surface area contributed by atoms with Gasteiger partial charge in [0.05, 0.1) is 6.26 Å². The normalized spacial score (nSPS) is 20.9. The second-order valence-electron chi connectivity index (χ2n) is 6.91. The summed E-state index contributed by atoms with van der Waals surface area (Å²) in [7, 11) is -1.31. The maximum atomic E-state index is 11.1. The molecule has 0 aliphatic carbocycles. The van der Waals surface area contributed by atoms with E-state index in [0.717, 1.165) is 38.3 Å². The zero-order valence-electron chi connectivity index (χ0n) is 16.5. The Bertz CT molecular complexity index is 682. The third-order valence-corrected chi connectivity index (χ3v) is 5.73. The molecule has 0 radical (unpaired) electrons. The minimum Gasteiger partial charge on any atom is -0.356 e. The standard InChI is InChI=1S/C19H32N4O2S.HI/c1-4-16-15-23(14-11-18(16)17-9-6-5-7-10-17)19(20-2)21-12-8-13-22-26(3,24)25;/h5-7,9-10,16,18,22H,4,8,11-15H2,1-3H3,(H,20,21);1H. The van der Waals surface area contributed by atoms with Gasteiger partial charge in [-0.25, -0.2) is 13.1 Å². The maximum Gasteiger partial charge on any atom is 0.208 e. The van der Waals surface area contributed by atoms with Crippen LogP contribution in [0.25, 0.3) is 0 Å². The molecule has 1 aliphatic heterocycles. The lowest BCUT2D eigenvalue weighted by molar-refractivity contribution is 0.215. The Kier molecular flexibility index (Phi) is 10.6. The zero-order valence-corrected chi connectivity index (χ0v) is 19.7. The molecular weight excluding hydrogens is 475 g/mol. The number of rotatable bonds is 7. The molecule has 1 heterocycles. The number of likely N-dealkylation sites (tertiary alicyclic amines) is 1. The summed E-state index contributed by atoms with van der Waals surface area (Å²) < 4.78 is 24.7. The van der Waals surface area contributed by atoms with E-state index in [1.54, 1.807) is 7.05 Å². The zero-order chi connectivity index (χ0) is 19.0. The number of halogens is 1. The van der Waals surface area contributed by atoms with Crippen molar-refractivity contribution in [1.82, 2.24) is 14.9 Å². The van der Waals surface area contributed by atoms with Gasteiger partial charge in [0.25, 0.3) is 0 Å². The smallest absolute Gasteiger partial charge is 0.208 e. The van der Waals surface area contributed by atoms with Gasteiger partial charge in [-0.3, -0.25) is 4.99 Å². The van der Waals surface area contributed by atoms with E-state index in [4.69, 9.17) is 0 Å². The number of sulfonamides is 1. The number of aliphatic imine (C=N–C) groups is 1. The Morgan fingerprint density at radius 3 is 2.56 bits per heavy atom. The van der Waals surface area contributed by atoms with Gasteiger partial charge in [-0.15, -0.1) is 24.0 Å². The molecule has 2 N–H and O–H groups in total. The molecule has 2 rings (SSSR count). The van der Waals surface area contributed by atoms with Crippen molar-refractivity contribution in [2.45, 2.75) is 32.1 Å². The van der Waals surface area contributed by atoms with Crippen LogP contribution in [0.15, 0.2) is 35.3 Å². The molecule has 1 saturated heterocycles. The number of hydrogen-bond acceptors (Lipinski definition) is 3. The van der Waals surface area contributed by atoms with E-state index < -0.39 is 10.0 Å². The highest BCUT2D eigenvalue weighted by Crippen LogP contribution is 2.34.